The van der Waals surface area contributed by atoms with Crippen LogP contribution in [0.4, 0.5) is 8.78 Å². The van der Waals surface area contributed by atoms with Crippen molar-refractivity contribution >= 4 is 0 Å². The van der Waals surface area contributed by atoms with Crippen LogP contribution in [0.1, 0.15) is 38.7 Å². The second kappa shape index (κ2) is 4.13. The third kappa shape index (κ3) is 2.24. The van der Waals surface area contributed by atoms with Gasteiger partial charge in [-0.05, 0) is 44.4 Å². The fourth-order valence-electron chi connectivity index (χ4n) is 2.03. The van der Waals surface area contributed by atoms with Gasteiger partial charge in [0, 0.05) is 11.6 Å². The normalized spacial score (nSPS) is 17.2. The summed E-state index contributed by atoms with van der Waals surface area (Å²) in [5.41, 5.74) is 0.484. The lowest BCUT2D eigenvalue weighted by molar-refractivity contribution is 0.253. The Balaban J connectivity index is 2.16. The zero-order chi connectivity index (χ0) is 11.8. The molecule has 1 fully saturated rings. The Bertz CT molecular complexity index is 384. The highest BCUT2D eigenvalue weighted by atomic mass is 19.2. The van der Waals surface area contributed by atoms with E-state index in [2.05, 4.69) is 5.32 Å². The number of hydrogen-bond acceptors (Lipinski definition) is 1. The van der Waals surface area contributed by atoms with Crippen LogP contribution in [-0.2, 0) is 5.54 Å². The number of nitrogens with one attached hydrogen (secondary N) is 1. The summed E-state index contributed by atoms with van der Waals surface area (Å²) < 4.78 is 26.0. The molecule has 3 heteroatoms. The molecule has 0 spiro atoms. The van der Waals surface area contributed by atoms with Crippen molar-refractivity contribution in [3.05, 3.63) is 35.4 Å². The third-order valence-electron chi connectivity index (χ3n) is 3.31. The minimum absolute atomic E-state index is 0.306. The molecule has 1 saturated carbocycles. The van der Waals surface area contributed by atoms with Gasteiger partial charge in [0.25, 0.3) is 0 Å². The summed E-state index contributed by atoms with van der Waals surface area (Å²) in [5.74, 6) is -1.57. The average Bonchev–Trinajstić information content (AvgIpc) is 2.16. The first-order valence-electron chi connectivity index (χ1n) is 5.72. The smallest absolute Gasteiger partial charge is 0.159 e. The molecule has 1 N–H and O–H groups in total. The van der Waals surface area contributed by atoms with Crippen molar-refractivity contribution in [3.63, 3.8) is 0 Å². The third-order valence-corrected chi connectivity index (χ3v) is 3.31. The first-order valence-corrected chi connectivity index (χ1v) is 5.72. The van der Waals surface area contributed by atoms with Crippen molar-refractivity contribution in [2.45, 2.75) is 44.7 Å². The van der Waals surface area contributed by atoms with Gasteiger partial charge in [-0.25, -0.2) is 8.78 Å². The molecule has 1 aromatic rings. The Labute approximate surface area is 94.9 Å². The van der Waals surface area contributed by atoms with E-state index >= 15 is 0 Å². The lowest BCUT2D eigenvalue weighted by Crippen LogP contribution is -2.46. The molecule has 0 bridgehead atoms. The van der Waals surface area contributed by atoms with E-state index < -0.39 is 11.6 Å². The Hall–Kier alpha value is -0.960. The van der Waals surface area contributed by atoms with Crippen LogP contribution < -0.4 is 5.32 Å². The molecule has 2 rings (SSSR count). The summed E-state index contributed by atoms with van der Waals surface area (Å²) in [5, 5.41) is 3.47. The van der Waals surface area contributed by atoms with Gasteiger partial charge in [-0.3, -0.25) is 0 Å². The summed E-state index contributed by atoms with van der Waals surface area (Å²) in [6.07, 6.45) is 3.60. The predicted octanol–water partition coefficient (Wildman–Crippen LogP) is 3.34. The van der Waals surface area contributed by atoms with E-state index in [0.717, 1.165) is 5.56 Å². The highest BCUT2D eigenvalue weighted by Crippen LogP contribution is 2.27. The molecular weight excluding hydrogens is 208 g/mol. The van der Waals surface area contributed by atoms with Crippen molar-refractivity contribution in [2.75, 3.05) is 0 Å². The predicted molar refractivity (Wildman–Crippen MR) is 60.2 cm³/mol. The second-order valence-corrected chi connectivity index (χ2v) is 5.03. The maximum Gasteiger partial charge on any atom is 0.159 e. The van der Waals surface area contributed by atoms with E-state index in [4.69, 9.17) is 0 Å². The van der Waals surface area contributed by atoms with Crippen LogP contribution in [0.25, 0.3) is 0 Å². The molecular formula is C13H17F2N. The van der Waals surface area contributed by atoms with E-state index in [1.807, 2.05) is 13.8 Å². The molecule has 1 aliphatic carbocycles. The number of benzene rings is 1. The molecule has 0 amide bonds. The van der Waals surface area contributed by atoms with Gasteiger partial charge in [0.1, 0.15) is 0 Å². The van der Waals surface area contributed by atoms with Crippen LogP contribution in [0.15, 0.2) is 18.2 Å². The van der Waals surface area contributed by atoms with E-state index in [0.29, 0.717) is 6.04 Å². The van der Waals surface area contributed by atoms with Gasteiger partial charge in [-0.15, -0.1) is 0 Å². The maximum absolute atomic E-state index is 13.1. The van der Waals surface area contributed by atoms with Gasteiger partial charge in [0.2, 0.25) is 0 Å². The van der Waals surface area contributed by atoms with Gasteiger partial charge >= 0.3 is 0 Å². The van der Waals surface area contributed by atoms with Gasteiger partial charge in [0.15, 0.2) is 11.6 Å². The van der Waals surface area contributed by atoms with Gasteiger partial charge in [0.05, 0.1) is 0 Å². The van der Waals surface area contributed by atoms with Gasteiger partial charge in [-0.1, -0.05) is 12.5 Å². The van der Waals surface area contributed by atoms with Gasteiger partial charge < -0.3 is 5.32 Å². The first-order chi connectivity index (χ1) is 7.49. The van der Waals surface area contributed by atoms with Crippen LogP contribution in [0.5, 0.6) is 0 Å². The Morgan fingerprint density at radius 2 is 1.88 bits per heavy atom. The van der Waals surface area contributed by atoms with Gasteiger partial charge in [-0.2, -0.15) is 0 Å². The fraction of sp³-hybridized carbons (Fsp3) is 0.538. The number of rotatable bonds is 3. The van der Waals surface area contributed by atoms with Crippen LogP contribution >= 0.6 is 0 Å². The summed E-state index contributed by atoms with van der Waals surface area (Å²) in [6.45, 7) is 4.00. The van der Waals surface area contributed by atoms with Crippen molar-refractivity contribution < 1.29 is 8.78 Å². The van der Waals surface area contributed by atoms with E-state index in [1.165, 1.54) is 31.4 Å². The molecule has 16 heavy (non-hydrogen) atoms. The molecule has 88 valence electrons. The summed E-state index contributed by atoms with van der Waals surface area (Å²) >= 11 is 0. The molecule has 1 aromatic carbocycles. The topological polar surface area (TPSA) is 12.0 Å². The number of halogens is 2. The van der Waals surface area contributed by atoms with Crippen molar-refractivity contribution in [2.24, 2.45) is 0 Å². The lowest BCUT2D eigenvalue weighted by Gasteiger charge is -2.37. The SMILES string of the molecule is CC(C)(NC1CCC1)c1ccc(F)c(F)c1. The average molecular weight is 225 g/mol. The van der Waals surface area contributed by atoms with Crippen molar-refractivity contribution in [1.82, 2.24) is 5.32 Å². The zero-order valence-corrected chi connectivity index (χ0v) is 9.69. The Kier molecular flexibility index (Phi) is 2.98. The largest absolute Gasteiger partial charge is 0.305 e. The molecule has 0 aromatic heterocycles. The Morgan fingerprint density at radius 3 is 2.38 bits per heavy atom. The molecule has 1 aliphatic rings. The maximum atomic E-state index is 13.1. The summed E-state index contributed by atoms with van der Waals surface area (Å²) in [7, 11) is 0. The van der Waals surface area contributed by atoms with E-state index in [1.54, 1.807) is 6.07 Å². The molecule has 0 atom stereocenters. The highest BCUT2D eigenvalue weighted by Gasteiger charge is 2.27. The minimum Gasteiger partial charge on any atom is -0.305 e. The lowest BCUT2D eigenvalue weighted by atomic mass is 9.87. The first kappa shape index (κ1) is 11.5. The Morgan fingerprint density at radius 1 is 1.19 bits per heavy atom. The quantitative estimate of drug-likeness (QED) is 0.832. The molecule has 0 radical (unpaired) electrons. The minimum atomic E-state index is -0.789. The fourth-order valence-corrected chi connectivity index (χ4v) is 2.03. The van der Waals surface area contributed by atoms with E-state index in [9.17, 15) is 8.78 Å². The van der Waals surface area contributed by atoms with Crippen molar-refractivity contribution in [3.8, 4) is 0 Å². The van der Waals surface area contributed by atoms with E-state index in [-0.39, 0.29) is 5.54 Å². The molecule has 0 aliphatic heterocycles. The van der Waals surface area contributed by atoms with Crippen LogP contribution in [0, 0.1) is 11.6 Å². The number of hydrogen-bond donors (Lipinski definition) is 1. The summed E-state index contributed by atoms with van der Waals surface area (Å²) in [4.78, 5) is 0. The standard InChI is InChI=1S/C13H17F2N/c1-13(2,16-10-4-3-5-10)9-6-7-11(14)12(15)8-9/h6-8,10,16H,3-5H2,1-2H3. The van der Waals surface area contributed by atoms with Crippen LogP contribution in [0.2, 0.25) is 0 Å². The molecule has 0 saturated heterocycles. The van der Waals surface area contributed by atoms with Crippen LogP contribution in [-0.4, -0.2) is 6.04 Å². The van der Waals surface area contributed by atoms with Crippen molar-refractivity contribution in [1.29, 1.82) is 0 Å². The monoisotopic (exact) mass is 225 g/mol. The zero-order valence-electron chi connectivity index (χ0n) is 9.69. The highest BCUT2D eigenvalue weighted by molar-refractivity contribution is 5.24. The molecule has 0 unspecified atom stereocenters. The van der Waals surface area contributed by atoms with Crippen LogP contribution in [0.3, 0.4) is 0 Å². The molecule has 1 nitrogen and oxygen atoms in total. The summed E-state index contributed by atoms with van der Waals surface area (Å²) in [6, 6.07) is 4.63. The molecule has 0 heterocycles. The second-order valence-electron chi connectivity index (χ2n) is 5.03.